The number of hydrogen-bond donors (Lipinski definition) is 1. The first-order valence-electron chi connectivity index (χ1n) is 13.0. The van der Waals surface area contributed by atoms with Gasteiger partial charge in [-0.2, -0.15) is 4.98 Å². The monoisotopic (exact) mass is 531 g/mol. The highest BCUT2D eigenvalue weighted by atomic mass is 32.2. The van der Waals surface area contributed by atoms with Gasteiger partial charge in [-0.3, -0.25) is 4.90 Å². The van der Waals surface area contributed by atoms with Gasteiger partial charge in [0.05, 0.1) is 18.0 Å². The minimum atomic E-state index is -3.92. The molecule has 1 atom stereocenters. The summed E-state index contributed by atoms with van der Waals surface area (Å²) in [5.74, 6) is 1.07. The second kappa shape index (κ2) is 11.4. The SMILES string of the molecule is CCc1ccc(C(CNc2oc(-c3ccc(OC)cc3)nc2S(=O)(=O)c2ccccc2)N2CCCC2)cc1. The van der Waals surface area contributed by atoms with Crippen LogP contribution in [0.4, 0.5) is 5.88 Å². The van der Waals surface area contributed by atoms with Crippen LogP contribution in [0.5, 0.6) is 5.75 Å². The van der Waals surface area contributed by atoms with Gasteiger partial charge in [-0.15, -0.1) is 0 Å². The average molecular weight is 532 g/mol. The molecule has 1 aliphatic heterocycles. The first-order valence-corrected chi connectivity index (χ1v) is 14.5. The van der Waals surface area contributed by atoms with E-state index < -0.39 is 9.84 Å². The Hall–Kier alpha value is -3.62. The van der Waals surface area contributed by atoms with Crippen LogP contribution in [0.1, 0.15) is 36.9 Å². The zero-order chi connectivity index (χ0) is 26.5. The lowest BCUT2D eigenvalue weighted by atomic mass is 10.0. The van der Waals surface area contributed by atoms with Crippen LogP contribution in [0.25, 0.3) is 11.5 Å². The molecule has 3 aromatic carbocycles. The molecule has 0 aliphatic carbocycles. The Morgan fingerprint density at radius 2 is 1.66 bits per heavy atom. The van der Waals surface area contributed by atoms with Crippen molar-refractivity contribution >= 4 is 15.7 Å². The summed E-state index contributed by atoms with van der Waals surface area (Å²) in [6.07, 6.45) is 3.29. The van der Waals surface area contributed by atoms with Crippen LogP contribution in [0.2, 0.25) is 0 Å². The third-order valence-electron chi connectivity index (χ3n) is 7.05. The molecule has 198 valence electrons. The molecule has 1 aromatic heterocycles. The quantitative estimate of drug-likeness (QED) is 0.269. The number of nitrogens with zero attached hydrogens (tertiary/aromatic N) is 2. The number of likely N-dealkylation sites (tertiary alicyclic amines) is 1. The van der Waals surface area contributed by atoms with Crippen LogP contribution in [-0.2, 0) is 16.3 Å². The van der Waals surface area contributed by atoms with E-state index in [0.29, 0.717) is 17.9 Å². The van der Waals surface area contributed by atoms with Crippen molar-refractivity contribution in [2.45, 2.75) is 42.1 Å². The molecule has 2 heterocycles. The normalized spacial score (nSPS) is 14.9. The molecule has 0 spiro atoms. The molecule has 5 rings (SSSR count). The van der Waals surface area contributed by atoms with Crippen LogP contribution in [-0.4, -0.2) is 45.0 Å². The second-order valence-corrected chi connectivity index (χ2v) is 11.3. The molecule has 0 amide bonds. The maximum absolute atomic E-state index is 13.6. The van der Waals surface area contributed by atoms with Gasteiger partial charge >= 0.3 is 0 Å². The van der Waals surface area contributed by atoms with E-state index in [1.54, 1.807) is 61.7 Å². The van der Waals surface area contributed by atoms with E-state index in [2.05, 4.69) is 46.4 Å². The maximum atomic E-state index is 13.6. The Balaban J connectivity index is 1.50. The third kappa shape index (κ3) is 5.47. The van der Waals surface area contributed by atoms with Gasteiger partial charge in [-0.1, -0.05) is 49.4 Å². The van der Waals surface area contributed by atoms with Crippen LogP contribution < -0.4 is 10.1 Å². The molecule has 1 saturated heterocycles. The number of oxazole rings is 1. The lowest BCUT2D eigenvalue weighted by Gasteiger charge is -2.28. The lowest BCUT2D eigenvalue weighted by molar-refractivity contribution is 0.255. The van der Waals surface area contributed by atoms with Gasteiger partial charge in [0.1, 0.15) is 5.75 Å². The third-order valence-corrected chi connectivity index (χ3v) is 8.73. The van der Waals surface area contributed by atoms with Gasteiger partial charge < -0.3 is 14.5 Å². The van der Waals surface area contributed by atoms with Crippen molar-refractivity contribution in [3.63, 3.8) is 0 Å². The summed E-state index contributed by atoms with van der Waals surface area (Å²) < 4.78 is 38.7. The van der Waals surface area contributed by atoms with Crippen molar-refractivity contribution in [3.8, 4) is 17.2 Å². The Morgan fingerprint density at radius 3 is 2.29 bits per heavy atom. The minimum Gasteiger partial charge on any atom is -0.497 e. The molecule has 4 aromatic rings. The summed E-state index contributed by atoms with van der Waals surface area (Å²) in [4.78, 5) is 7.10. The van der Waals surface area contributed by atoms with Gasteiger partial charge in [0.25, 0.3) is 0 Å². The minimum absolute atomic E-state index is 0.0743. The van der Waals surface area contributed by atoms with Crippen molar-refractivity contribution in [1.29, 1.82) is 0 Å². The Labute approximate surface area is 224 Å². The molecular formula is C30H33N3O4S. The summed E-state index contributed by atoms with van der Waals surface area (Å²) in [7, 11) is -2.32. The number of sulfone groups is 1. The second-order valence-electron chi connectivity index (χ2n) is 9.43. The fourth-order valence-corrected chi connectivity index (χ4v) is 6.14. The highest BCUT2D eigenvalue weighted by Crippen LogP contribution is 2.34. The van der Waals surface area contributed by atoms with Crippen molar-refractivity contribution in [2.24, 2.45) is 0 Å². The lowest BCUT2D eigenvalue weighted by Crippen LogP contribution is -2.31. The summed E-state index contributed by atoms with van der Waals surface area (Å²) in [6, 6.07) is 24.3. The number of hydrogen-bond acceptors (Lipinski definition) is 7. The van der Waals surface area contributed by atoms with Gasteiger partial charge in [-0.05, 0) is 79.9 Å². The fraction of sp³-hybridized carbons (Fsp3) is 0.300. The highest BCUT2D eigenvalue weighted by Gasteiger charge is 2.30. The molecule has 0 radical (unpaired) electrons. The number of ether oxygens (including phenoxy) is 1. The largest absolute Gasteiger partial charge is 0.497 e. The van der Waals surface area contributed by atoms with Crippen LogP contribution in [0, 0.1) is 0 Å². The molecule has 1 fully saturated rings. The van der Waals surface area contributed by atoms with Gasteiger partial charge in [0.2, 0.25) is 26.6 Å². The zero-order valence-electron chi connectivity index (χ0n) is 21.8. The first kappa shape index (κ1) is 26.0. The number of benzene rings is 3. The summed E-state index contributed by atoms with van der Waals surface area (Å²) in [5, 5.41) is 3.22. The molecule has 1 N–H and O–H groups in total. The van der Waals surface area contributed by atoms with Crippen molar-refractivity contribution in [1.82, 2.24) is 9.88 Å². The van der Waals surface area contributed by atoms with E-state index in [9.17, 15) is 8.42 Å². The van der Waals surface area contributed by atoms with Crippen LogP contribution in [0.15, 0.2) is 93.2 Å². The fourth-order valence-electron chi connectivity index (χ4n) is 4.84. The summed E-state index contributed by atoms with van der Waals surface area (Å²) >= 11 is 0. The Morgan fingerprint density at radius 1 is 0.974 bits per heavy atom. The van der Waals surface area contributed by atoms with Crippen molar-refractivity contribution in [3.05, 3.63) is 90.0 Å². The van der Waals surface area contributed by atoms with E-state index in [1.165, 1.54) is 11.1 Å². The molecule has 1 unspecified atom stereocenters. The van der Waals surface area contributed by atoms with Crippen LogP contribution >= 0.6 is 0 Å². The van der Waals surface area contributed by atoms with E-state index in [0.717, 1.165) is 32.4 Å². The van der Waals surface area contributed by atoms with Crippen molar-refractivity contribution < 1.29 is 17.6 Å². The average Bonchev–Trinajstić information content (AvgIpc) is 3.65. The predicted octanol–water partition coefficient (Wildman–Crippen LogP) is 5.99. The first-order chi connectivity index (χ1) is 18.5. The molecule has 38 heavy (non-hydrogen) atoms. The number of anilines is 1. The molecular weight excluding hydrogens is 498 g/mol. The van der Waals surface area contributed by atoms with E-state index in [-0.39, 0.29) is 27.7 Å². The standard InChI is InChI=1S/C30H33N3O4S/c1-3-22-11-13-23(14-12-22)27(33-19-7-8-20-33)21-31-29-30(38(34,35)26-9-5-4-6-10-26)32-28(37-29)24-15-17-25(36-2)18-16-24/h4-6,9-18,27,31H,3,7-8,19-21H2,1-2H3. The smallest absolute Gasteiger partial charge is 0.233 e. The van der Waals surface area contributed by atoms with E-state index in [4.69, 9.17) is 9.15 Å². The van der Waals surface area contributed by atoms with E-state index >= 15 is 0 Å². The molecule has 0 bridgehead atoms. The zero-order valence-corrected chi connectivity index (χ0v) is 22.6. The Kier molecular flexibility index (Phi) is 7.81. The number of nitrogens with one attached hydrogen (secondary N) is 1. The number of aryl methyl sites for hydroxylation is 1. The van der Waals surface area contributed by atoms with Crippen LogP contribution in [0.3, 0.4) is 0 Å². The summed E-state index contributed by atoms with van der Waals surface area (Å²) in [5.41, 5.74) is 3.14. The van der Waals surface area contributed by atoms with Gasteiger partial charge in [0.15, 0.2) is 0 Å². The Bertz CT molecular complexity index is 1440. The maximum Gasteiger partial charge on any atom is 0.233 e. The number of methoxy groups -OCH3 is 1. The predicted molar refractivity (Wildman–Crippen MR) is 148 cm³/mol. The molecule has 8 heteroatoms. The van der Waals surface area contributed by atoms with Gasteiger partial charge in [-0.25, -0.2) is 8.42 Å². The highest BCUT2D eigenvalue weighted by molar-refractivity contribution is 7.91. The summed E-state index contributed by atoms with van der Waals surface area (Å²) in [6.45, 7) is 4.64. The van der Waals surface area contributed by atoms with E-state index in [1.807, 2.05) is 0 Å². The molecule has 7 nitrogen and oxygen atoms in total. The topological polar surface area (TPSA) is 84.7 Å². The molecule has 0 saturated carbocycles. The molecule has 1 aliphatic rings. The van der Waals surface area contributed by atoms with Gasteiger partial charge in [0, 0.05) is 12.1 Å². The number of rotatable bonds is 10. The number of aromatic nitrogens is 1. The van der Waals surface area contributed by atoms with Crippen molar-refractivity contribution in [2.75, 3.05) is 32.1 Å².